The highest BCUT2D eigenvalue weighted by Crippen LogP contribution is 2.04. The Morgan fingerprint density at radius 2 is 2.07 bits per heavy atom. The molecule has 1 rings (SSSR count). The Labute approximate surface area is 83.9 Å². The number of carbonyl (C=O) groups is 1. The highest BCUT2D eigenvalue weighted by Gasteiger charge is 2.02. The van der Waals surface area contributed by atoms with Crippen LogP contribution in [0.25, 0.3) is 0 Å². The minimum absolute atomic E-state index is 0.0463. The molecule has 1 aromatic rings. The molecule has 0 unspecified atom stereocenters. The molecular weight excluding hydrogens is 176 g/mol. The smallest absolute Gasteiger partial charge is 0.311 e. The molecular formula is C12H12O2. The number of carbonyl (C=O) groups excluding carboxylic acids is 1. The second kappa shape index (κ2) is 5.08. The maximum atomic E-state index is 11.1. The van der Waals surface area contributed by atoms with Crippen LogP contribution in [0, 0.1) is 19.3 Å². The van der Waals surface area contributed by atoms with Crippen molar-refractivity contribution in [2.24, 2.45) is 0 Å². The summed E-state index contributed by atoms with van der Waals surface area (Å²) in [5.41, 5.74) is 2.11. The molecule has 0 aromatic heterocycles. The number of terminal acetylenes is 1. The summed E-state index contributed by atoms with van der Waals surface area (Å²) >= 11 is 0. The van der Waals surface area contributed by atoms with Crippen LogP contribution in [-0.4, -0.2) is 12.6 Å². The molecule has 0 radical (unpaired) electrons. The molecule has 0 saturated heterocycles. The summed E-state index contributed by atoms with van der Waals surface area (Å²) in [4.78, 5) is 11.1. The van der Waals surface area contributed by atoms with Crippen LogP contribution in [0.1, 0.15) is 11.1 Å². The minimum Gasteiger partial charge on any atom is -0.452 e. The third kappa shape index (κ3) is 3.32. The average molecular weight is 188 g/mol. The summed E-state index contributed by atoms with van der Waals surface area (Å²) < 4.78 is 4.75. The van der Waals surface area contributed by atoms with Gasteiger partial charge in [0, 0.05) is 0 Å². The highest BCUT2D eigenvalue weighted by molar-refractivity contribution is 5.72. The molecule has 0 heterocycles. The quantitative estimate of drug-likeness (QED) is 0.533. The van der Waals surface area contributed by atoms with Gasteiger partial charge in [-0.1, -0.05) is 35.7 Å². The molecule has 1 aromatic carbocycles. The number of aryl methyl sites for hydroxylation is 1. The van der Waals surface area contributed by atoms with E-state index in [1.54, 1.807) is 0 Å². The number of hydrogen-bond acceptors (Lipinski definition) is 2. The third-order valence-corrected chi connectivity index (χ3v) is 1.79. The number of hydrogen-bond donors (Lipinski definition) is 0. The first-order chi connectivity index (χ1) is 6.72. The van der Waals surface area contributed by atoms with Crippen molar-refractivity contribution in [1.29, 1.82) is 0 Å². The molecule has 0 bridgehead atoms. The summed E-state index contributed by atoms with van der Waals surface area (Å²) in [7, 11) is 0. The summed E-state index contributed by atoms with van der Waals surface area (Å²) in [6.45, 7) is 2.05. The monoisotopic (exact) mass is 188 g/mol. The van der Waals surface area contributed by atoms with Crippen LogP contribution in [0.5, 0.6) is 0 Å². The van der Waals surface area contributed by atoms with Crippen LogP contribution in [0.4, 0.5) is 0 Å². The van der Waals surface area contributed by atoms with E-state index >= 15 is 0 Å². The van der Waals surface area contributed by atoms with Crippen LogP contribution in [-0.2, 0) is 16.0 Å². The molecule has 0 atom stereocenters. The van der Waals surface area contributed by atoms with Crippen molar-refractivity contribution in [3.8, 4) is 12.3 Å². The summed E-state index contributed by atoms with van der Waals surface area (Å²) in [6, 6.07) is 7.74. The fourth-order valence-electron chi connectivity index (χ4n) is 1.05. The van der Waals surface area contributed by atoms with Crippen molar-refractivity contribution in [1.82, 2.24) is 0 Å². The molecule has 72 valence electrons. The maximum absolute atomic E-state index is 11.1. The van der Waals surface area contributed by atoms with Crippen molar-refractivity contribution in [2.75, 3.05) is 6.61 Å². The second-order valence-corrected chi connectivity index (χ2v) is 3.03. The first-order valence-electron chi connectivity index (χ1n) is 4.37. The lowest BCUT2D eigenvalue weighted by molar-refractivity contribution is -0.141. The predicted molar refractivity (Wildman–Crippen MR) is 54.7 cm³/mol. The van der Waals surface area contributed by atoms with Crippen LogP contribution < -0.4 is 0 Å². The van der Waals surface area contributed by atoms with Crippen molar-refractivity contribution < 1.29 is 9.53 Å². The summed E-state index contributed by atoms with van der Waals surface area (Å²) in [6.07, 6.45) is 5.24. The molecule has 14 heavy (non-hydrogen) atoms. The molecule has 0 aliphatic rings. The van der Waals surface area contributed by atoms with E-state index in [2.05, 4.69) is 5.92 Å². The molecule has 2 nitrogen and oxygen atoms in total. The summed E-state index contributed by atoms with van der Waals surface area (Å²) in [5.74, 6) is 1.97. The van der Waals surface area contributed by atoms with Gasteiger partial charge in [0.25, 0.3) is 0 Å². The van der Waals surface area contributed by atoms with E-state index in [-0.39, 0.29) is 19.0 Å². The fraction of sp³-hybridized carbons (Fsp3) is 0.250. The van der Waals surface area contributed by atoms with Gasteiger partial charge < -0.3 is 4.74 Å². The van der Waals surface area contributed by atoms with Crippen molar-refractivity contribution >= 4 is 5.97 Å². The van der Waals surface area contributed by atoms with Gasteiger partial charge in [0.15, 0.2) is 6.61 Å². The zero-order valence-electron chi connectivity index (χ0n) is 8.12. The molecule has 0 N–H and O–H groups in total. The van der Waals surface area contributed by atoms with Gasteiger partial charge in [0.2, 0.25) is 0 Å². The van der Waals surface area contributed by atoms with Crippen LogP contribution in [0.15, 0.2) is 24.3 Å². The van der Waals surface area contributed by atoms with Gasteiger partial charge in [-0.15, -0.1) is 6.42 Å². The van der Waals surface area contributed by atoms with Gasteiger partial charge in [-0.3, -0.25) is 4.79 Å². The maximum Gasteiger partial charge on any atom is 0.311 e. The zero-order valence-corrected chi connectivity index (χ0v) is 8.12. The Hall–Kier alpha value is -1.75. The normalized spacial score (nSPS) is 9.14. The van der Waals surface area contributed by atoms with Crippen molar-refractivity contribution in [3.63, 3.8) is 0 Å². The Kier molecular flexibility index (Phi) is 3.75. The van der Waals surface area contributed by atoms with Crippen LogP contribution in [0.2, 0.25) is 0 Å². The largest absolute Gasteiger partial charge is 0.452 e. The minimum atomic E-state index is -0.285. The van der Waals surface area contributed by atoms with E-state index in [4.69, 9.17) is 11.2 Å². The Morgan fingerprint density at radius 1 is 1.43 bits per heavy atom. The Bertz CT molecular complexity index is 344. The van der Waals surface area contributed by atoms with Crippen LogP contribution in [0.3, 0.4) is 0 Å². The van der Waals surface area contributed by atoms with Crippen molar-refractivity contribution in [2.45, 2.75) is 13.3 Å². The lowest BCUT2D eigenvalue weighted by Gasteiger charge is -2.01. The lowest BCUT2D eigenvalue weighted by Crippen LogP contribution is -2.07. The van der Waals surface area contributed by atoms with E-state index in [0.717, 1.165) is 5.56 Å². The van der Waals surface area contributed by atoms with E-state index in [1.807, 2.05) is 31.2 Å². The summed E-state index contributed by atoms with van der Waals surface area (Å²) in [5, 5.41) is 0. The van der Waals surface area contributed by atoms with E-state index < -0.39 is 0 Å². The zero-order chi connectivity index (χ0) is 10.4. The van der Waals surface area contributed by atoms with Gasteiger partial charge in [0.1, 0.15) is 0 Å². The van der Waals surface area contributed by atoms with Gasteiger partial charge in [-0.2, -0.15) is 0 Å². The van der Waals surface area contributed by atoms with Gasteiger partial charge in [-0.25, -0.2) is 0 Å². The molecule has 0 aliphatic carbocycles. The van der Waals surface area contributed by atoms with Gasteiger partial charge in [-0.05, 0) is 12.5 Å². The number of esters is 1. The topological polar surface area (TPSA) is 26.3 Å². The molecule has 0 amide bonds. The second-order valence-electron chi connectivity index (χ2n) is 3.03. The number of rotatable bonds is 3. The third-order valence-electron chi connectivity index (χ3n) is 1.79. The highest BCUT2D eigenvalue weighted by atomic mass is 16.5. The molecule has 0 saturated carbocycles. The Balaban J connectivity index is 2.49. The van der Waals surface area contributed by atoms with Crippen LogP contribution >= 0.6 is 0 Å². The lowest BCUT2D eigenvalue weighted by atomic mass is 10.1. The SMILES string of the molecule is C#CCOC(=O)Cc1ccc(C)cc1. The number of benzene rings is 1. The molecule has 0 fully saturated rings. The predicted octanol–water partition coefficient (Wildman–Crippen LogP) is 1.71. The molecule has 0 aliphatic heterocycles. The Morgan fingerprint density at radius 3 is 2.64 bits per heavy atom. The molecule has 0 spiro atoms. The fourth-order valence-corrected chi connectivity index (χ4v) is 1.05. The van der Waals surface area contributed by atoms with Gasteiger partial charge >= 0.3 is 5.97 Å². The number of ether oxygens (including phenoxy) is 1. The van der Waals surface area contributed by atoms with Gasteiger partial charge in [0.05, 0.1) is 6.42 Å². The van der Waals surface area contributed by atoms with E-state index in [9.17, 15) is 4.79 Å². The van der Waals surface area contributed by atoms with E-state index in [1.165, 1.54) is 5.56 Å². The first kappa shape index (κ1) is 10.3. The van der Waals surface area contributed by atoms with E-state index in [0.29, 0.717) is 0 Å². The average Bonchev–Trinajstić information content (AvgIpc) is 2.18. The standard InChI is InChI=1S/C12H12O2/c1-3-8-14-12(13)9-11-6-4-10(2)5-7-11/h1,4-7H,8-9H2,2H3. The molecule has 2 heteroatoms. The first-order valence-corrected chi connectivity index (χ1v) is 4.37. The van der Waals surface area contributed by atoms with Crippen molar-refractivity contribution in [3.05, 3.63) is 35.4 Å².